The molecule has 4 heteroatoms. The van der Waals surface area contributed by atoms with E-state index in [-0.39, 0.29) is 4.08 Å². The van der Waals surface area contributed by atoms with Crippen molar-refractivity contribution in [2.24, 2.45) is 0 Å². The highest BCUT2D eigenvalue weighted by molar-refractivity contribution is 8.18. The minimum atomic E-state index is 0.0939. The molecule has 1 fully saturated rings. The molecular weight excluding hydrogens is 456 g/mol. The summed E-state index contributed by atoms with van der Waals surface area (Å²) >= 11 is 4.19. The van der Waals surface area contributed by atoms with Gasteiger partial charge in [0.15, 0.2) is 0 Å². The van der Waals surface area contributed by atoms with Gasteiger partial charge in [-0.25, -0.2) is 0 Å². The molecule has 0 unspecified atom stereocenters. The summed E-state index contributed by atoms with van der Waals surface area (Å²) in [6, 6.07) is 25.6. The average molecular weight is 489 g/mol. The first-order valence-corrected chi connectivity index (χ1v) is 13.6. The Morgan fingerprint density at radius 3 is 1.82 bits per heavy atom. The number of allylic oxidation sites excluding steroid dienone is 3. The average Bonchev–Trinajstić information content (AvgIpc) is 2.90. The van der Waals surface area contributed by atoms with Gasteiger partial charge < -0.3 is 9.47 Å². The molecule has 2 nitrogen and oxygen atoms in total. The molecular formula is C30H32O2S2. The fourth-order valence-electron chi connectivity index (χ4n) is 4.07. The van der Waals surface area contributed by atoms with Crippen LogP contribution in [0.15, 0.2) is 91.0 Å². The highest BCUT2D eigenvalue weighted by Gasteiger charge is 2.34. The second kappa shape index (κ2) is 11.7. The van der Waals surface area contributed by atoms with Crippen molar-refractivity contribution in [3.8, 4) is 11.5 Å². The molecule has 0 spiro atoms. The number of thioether (sulfide) groups is 2. The maximum absolute atomic E-state index is 5.36. The third-order valence-corrected chi connectivity index (χ3v) is 9.47. The second-order valence-electron chi connectivity index (χ2n) is 8.34. The van der Waals surface area contributed by atoms with Gasteiger partial charge in [0.25, 0.3) is 0 Å². The first kappa shape index (κ1) is 24.6. The molecule has 0 aliphatic carbocycles. The van der Waals surface area contributed by atoms with Crippen LogP contribution >= 0.6 is 23.5 Å². The monoisotopic (exact) mass is 488 g/mol. The van der Waals surface area contributed by atoms with Crippen LogP contribution in [-0.4, -0.2) is 25.7 Å². The molecule has 4 rings (SSSR count). The normalized spacial score (nSPS) is 15.1. The Morgan fingerprint density at radius 1 is 0.794 bits per heavy atom. The second-order valence-corrected chi connectivity index (χ2v) is 11.4. The molecule has 0 atom stereocenters. The molecule has 0 N–H and O–H groups in total. The van der Waals surface area contributed by atoms with Crippen molar-refractivity contribution >= 4 is 29.1 Å². The van der Waals surface area contributed by atoms with Crippen LogP contribution in [0.2, 0.25) is 0 Å². The van der Waals surface area contributed by atoms with Gasteiger partial charge in [-0.3, -0.25) is 0 Å². The molecule has 176 valence electrons. The number of benzene rings is 3. The molecule has 0 bridgehead atoms. The predicted octanol–water partition coefficient (Wildman–Crippen LogP) is 8.11. The van der Waals surface area contributed by atoms with E-state index in [4.69, 9.17) is 9.47 Å². The Hall–Kier alpha value is -2.56. The van der Waals surface area contributed by atoms with E-state index in [9.17, 15) is 0 Å². The SMILES string of the molecule is COc1ccc(C(=CC=CCC2(c3ccc(C)cc3)SCCCS2)c2ccc(OC)cc2)cc1. The Balaban J connectivity index is 1.62. The van der Waals surface area contributed by atoms with Crippen molar-refractivity contribution in [3.63, 3.8) is 0 Å². The van der Waals surface area contributed by atoms with E-state index in [0.717, 1.165) is 29.0 Å². The first-order valence-electron chi connectivity index (χ1n) is 11.6. The summed E-state index contributed by atoms with van der Waals surface area (Å²) in [5.41, 5.74) is 6.23. The third-order valence-electron chi connectivity index (χ3n) is 6.04. The summed E-state index contributed by atoms with van der Waals surface area (Å²) in [5, 5.41) is 0. The molecule has 0 radical (unpaired) electrons. The first-order chi connectivity index (χ1) is 16.6. The van der Waals surface area contributed by atoms with Crippen LogP contribution in [0.25, 0.3) is 5.57 Å². The Morgan fingerprint density at radius 2 is 1.32 bits per heavy atom. The molecule has 1 heterocycles. The Bertz CT molecular complexity index is 1060. The van der Waals surface area contributed by atoms with Crippen molar-refractivity contribution < 1.29 is 9.47 Å². The van der Waals surface area contributed by atoms with Gasteiger partial charge in [-0.15, -0.1) is 23.5 Å². The summed E-state index contributed by atoms with van der Waals surface area (Å²) in [5.74, 6) is 4.15. The van der Waals surface area contributed by atoms with Gasteiger partial charge >= 0.3 is 0 Å². The van der Waals surface area contributed by atoms with Gasteiger partial charge in [-0.05, 0) is 77.8 Å². The van der Waals surface area contributed by atoms with E-state index in [1.54, 1.807) is 14.2 Å². The minimum absolute atomic E-state index is 0.0939. The van der Waals surface area contributed by atoms with Gasteiger partial charge in [-0.2, -0.15) is 0 Å². The van der Waals surface area contributed by atoms with Crippen molar-refractivity contribution in [3.05, 3.63) is 113 Å². The Kier molecular flexibility index (Phi) is 8.47. The zero-order valence-electron chi connectivity index (χ0n) is 20.1. The van der Waals surface area contributed by atoms with Crippen molar-refractivity contribution in [1.29, 1.82) is 0 Å². The van der Waals surface area contributed by atoms with E-state index >= 15 is 0 Å². The molecule has 0 saturated carbocycles. The topological polar surface area (TPSA) is 18.5 Å². The highest BCUT2D eigenvalue weighted by Crippen LogP contribution is 2.53. The minimum Gasteiger partial charge on any atom is -0.497 e. The summed E-state index contributed by atoms with van der Waals surface area (Å²) < 4.78 is 10.8. The van der Waals surface area contributed by atoms with Gasteiger partial charge in [0.05, 0.1) is 18.3 Å². The lowest BCUT2D eigenvalue weighted by molar-refractivity contribution is 0.414. The lowest BCUT2D eigenvalue weighted by atomic mass is 9.97. The molecule has 1 saturated heterocycles. The Labute approximate surface area is 212 Å². The number of rotatable bonds is 8. The molecule has 0 aromatic heterocycles. The third kappa shape index (κ3) is 5.92. The molecule has 1 aliphatic heterocycles. The van der Waals surface area contributed by atoms with Gasteiger partial charge in [0.1, 0.15) is 11.5 Å². The van der Waals surface area contributed by atoms with Crippen LogP contribution in [0.5, 0.6) is 11.5 Å². The predicted molar refractivity (Wildman–Crippen MR) is 149 cm³/mol. The zero-order chi connectivity index (χ0) is 23.8. The van der Waals surface area contributed by atoms with E-state index in [1.807, 2.05) is 24.3 Å². The number of methoxy groups -OCH3 is 2. The number of hydrogen-bond donors (Lipinski definition) is 0. The maximum atomic E-state index is 5.36. The fraction of sp³-hybridized carbons (Fsp3) is 0.267. The molecule has 3 aromatic carbocycles. The van der Waals surface area contributed by atoms with Crippen LogP contribution in [0.4, 0.5) is 0 Å². The smallest absolute Gasteiger partial charge is 0.118 e. The molecule has 34 heavy (non-hydrogen) atoms. The molecule has 0 amide bonds. The number of ether oxygens (including phenoxy) is 2. The van der Waals surface area contributed by atoms with Crippen LogP contribution in [-0.2, 0) is 4.08 Å². The molecule has 1 aliphatic rings. The van der Waals surface area contributed by atoms with Gasteiger partial charge in [0.2, 0.25) is 0 Å². The van der Waals surface area contributed by atoms with E-state index < -0.39 is 0 Å². The van der Waals surface area contributed by atoms with Crippen molar-refractivity contribution in [1.82, 2.24) is 0 Å². The van der Waals surface area contributed by atoms with Gasteiger partial charge in [0, 0.05) is 0 Å². The van der Waals surface area contributed by atoms with E-state index in [2.05, 4.69) is 97.2 Å². The van der Waals surface area contributed by atoms with E-state index in [1.165, 1.54) is 34.6 Å². The van der Waals surface area contributed by atoms with Gasteiger partial charge in [-0.1, -0.05) is 72.3 Å². The fourth-order valence-corrected chi connectivity index (χ4v) is 7.36. The standard InChI is InChI=1S/C30H32O2S2/c1-23-8-14-26(15-9-23)30(33-21-6-22-34-30)20-5-4-7-29(24-10-16-27(31-2)17-11-24)25-12-18-28(32-3)19-13-25/h4-5,7-19H,6,20-22H2,1-3H3. The summed E-state index contributed by atoms with van der Waals surface area (Å²) in [6.07, 6.45) is 9.06. The summed E-state index contributed by atoms with van der Waals surface area (Å²) in [6.45, 7) is 2.15. The highest BCUT2D eigenvalue weighted by atomic mass is 32.2. The van der Waals surface area contributed by atoms with E-state index in [0.29, 0.717) is 0 Å². The van der Waals surface area contributed by atoms with Crippen LogP contribution in [0.3, 0.4) is 0 Å². The number of aryl methyl sites for hydroxylation is 1. The lowest BCUT2D eigenvalue weighted by Crippen LogP contribution is -2.22. The summed E-state index contributed by atoms with van der Waals surface area (Å²) in [4.78, 5) is 0. The van der Waals surface area contributed by atoms with Crippen LogP contribution in [0.1, 0.15) is 35.1 Å². The largest absolute Gasteiger partial charge is 0.497 e. The van der Waals surface area contributed by atoms with Crippen LogP contribution in [0, 0.1) is 6.92 Å². The van der Waals surface area contributed by atoms with Crippen molar-refractivity contribution in [2.45, 2.75) is 23.8 Å². The quantitative estimate of drug-likeness (QED) is 0.298. The lowest BCUT2D eigenvalue weighted by Gasteiger charge is -2.36. The maximum Gasteiger partial charge on any atom is 0.118 e. The van der Waals surface area contributed by atoms with Crippen LogP contribution < -0.4 is 9.47 Å². The zero-order valence-corrected chi connectivity index (χ0v) is 21.8. The number of hydrogen-bond acceptors (Lipinski definition) is 4. The summed E-state index contributed by atoms with van der Waals surface area (Å²) in [7, 11) is 3.40. The van der Waals surface area contributed by atoms with Crippen molar-refractivity contribution in [2.75, 3.05) is 25.7 Å². The molecule has 3 aromatic rings.